The Morgan fingerprint density at radius 2 is 2.33 bits per heavy atom. The minimum atomic E-state index is 1.08. The molecule has 47 valence electrons. The van der Waals surface area contributed by atoms with Crippen molar-refractivity contribution in [2.75, 3.05) is 6.26 Å². The van der Waals surface area contributed by atoms with Crippen LogP contribution in [0.4, 0.5) is 0 Å². The van der Waals surface area contributed by atoms with E-state index in [-0.39, 0.29) is 0 Å². The van der Waals surface area contributed by atoms with E-state index in [2.05, 4.69) is 22.0 Å². The van der Waals surface area contributed by atoms with Crippen LogP contribution in [0.1, 0.15) is 0 Å². The van der Waals surface area contributed by atoms with Crippen LogP contribution in [0, 0.1) is 6.07 Å². The van der Waals surface area contributed by atoms with Gasteiger partial charge in [-0.25, -0.2) is 0 Å². The van der Waals surface area contributed by atoms with Crippen molar-refractivity contribution in [3.8, 4) is 0 Å². The molecule has 1 aromatic carbocycles. The molecule has 0 aliphatic rings. The van der Waals surface area contributed by atoms with Gasteiger partial charge in [-0.1, -0.05) is 15.9 Å². The summed E-state index contributed by atoms with van der Waals surface area (Å²) in [4.78, 5) is 1.18. The third kappa shape index (κ3) is 2.03. The van der Waals surface area contributed by atoms with Crippen LogP contribution in [0.3, 0.4) is 0 Å². The molecule has 1 rings (SSSR count). The Labute approximate surface area is 67.8 Å². The maximum absolute atomic E-state index is 3.33. The molecule has 0 N–H and O–H groups in total. The van der Waals surface area contributed by atoms with Crippen LogP contribution in [0.5, 0.6) is 0 Å². The number of thioether (sulfide) groups is 1. The van der Waals surface area contributed by atoms with Gasteiger partial charge in [-0.15, -0.1) is 11.8 Å². The molecule has 1 radical (unpaired) electrons. The molecule has 0 heterocycles. The smallest absolute Gasteiger partial charge is 0.0182 e. The van der Waals surface area contributed by atoms with Gasteiger partial charge >= 0.3 is 0 Å². The molecule has 0 saturated heterocycles. The van der Waals surface area contributed by atoms with Gasteiger partial charge in [0, 0.05) is 9.37 Å². The monoisotopic (exact) mass is 201 g/mol. The third-order valence-corrected chi connectivity index (χ3v) is 2.15. The molecule has 0 spiro atoms. The molecule has 0 aliphatic heterocycles. The van der Waals surface area contributed by atoms with Crippen molar-refractivity contribution in [1.29, 1.82) is 0 Å². The normalized spacial score (nSPS) is 9.56. The lowest BCUT2D eigenvalue weighted by atomic mass is 10.4. The first-order valence-electron chi connectivity index (χ1n) is 2.54. The highest BCUT2D eigenvalue weighted by atomic mass is 79.9. The van der Waals surface area contributed by atoms with Crippen molar-refractivity contribution < 1.29 is 0 Å². The number of halogens is 1. The maximum Gasteiger partial charge on any atom is 0.0182 e. The molecule has 2 heteroatoms. The molecule has 0 unspecified atom stereocenters. The maximum atomic E-state index is 3.33. The second-order valence-corrected chi connectivity index (χ2v) is 3.34. The molecular weight excluding hydrogens is 196 g/mol. The first-order valence-corrected chi connectivity index (χ1v) is 4.56. The van der Waals surface area contributed by atoms with Crippen LogP contribution in [-0.4, -0.2) is 6.26 Å². The number of rotatable bonds is 1. The van der Waals surface area contributed by atoms with Crippen LogP contribution >= 0.6 is 27.7 Å². The Kier molecular flexibility index (Phi) is 2.61. The highest BCUT2D eigenvalue weighted by Crippen LogP contribution is 2.16. The second-order valence-electron chi connectivity index (χ2n) is 1.58. The van der Waals surface area contributed by atoms with Gasteiger partial charge in [0.05, 0.1) is 0 Å². The Bertz CT molecular complexity index is 181. The van der Waals surface area contributed by atoms with Crippen molar-refractivity contribution in [3.63, 3.8) is 0 Å². The van der Waals surface area contributed by atoms with E-state index in [0.717, 1.165) is 4.47 Å². The molecule has 0 fully saturated rings. The third-order valence-electron chi connectivity index (χ3n) is 0.966. The summed E-state index contributed by atoms with van der Waals surface area (Å²) in [7, 11) is 0. The molecule has 0 nitrogen and oxygen atoms in total. The van der Waals surface area contributed by atoms with Gasteiger partial charge in [0.1, 0.15) is 0 Å². The molecule has 9 heavy (non-hydrogen) atoms. The number of hydrogen-bond acceptors (Lipinski definition) is 1. The quantitative estimate of drug-likeness (QED) is 0.631. The fourth-order valence-electron chi connectivity index (χ4n) is 0.519. The van der Waals surface area contributed by atoms with Gasteiger partial charge in [-0.2, -0.15) is 0 Å². The fraction of sp³-hybridized carbons (Fsp3) is 0.143. The molecule has 0 aromatic heterocycles. The highest BCUT2D eigenvalue weighted by molar-refractivity contribution is 9.10. The first kappa shape index (κ1) is 7.16. The lowest BCUT2D eigenvalue weighted by Gasteiger charge is -1.92. The summed E-state index contributed by atoms with van der Waals surface area (Å²) in [6.45, 7) is 0. The van der Waals surface area contributed by atoms with Crippen molar-refractivity contribution >= 4 is 27.7 Å². The van der Waals surface area contributed by atoms with Gasteiger partial charge < -0.3 is 0 Å². The van der Waals surface area contributed by atoms with Crippen molar-refractivity contribution in [2.45, 2.75) is 4.90 Å². The minimum absolute atomic E-state index is 1.08. The van der Waals surface area contributed by atoms with E-state index in [0.29, 0.717) is 0 Å². The molecule has 1 aromatic rings. The minimum Gasteiger partial charge on any atom is -0.129 e. The second kappa shape index (κ2) is 3.28. The van der Waals surface area contributed by atoms with Gasteiger partial charge in [-0.05, 0) is 30.5 Å². The van der Waals surface area contributed by atoms with Crippen molar-refractivity contribution in [2.24, 2.45) is 0 Å². The molecule has 0 amide bonds. The van der Waals surface area contributed by atoms with Gasteiger partial charge in [0.2, 0.25) is 0 Å². The zero-order chi connectivity index (χ0) is 6.69. The van der Waals surface area contributed by atoms with Crippen LogP contribution in [0.15, 0.2) is 27.6 Å². The predicted octanol–water partition coefficient (Wildman–Crippen LogP) is 2.97. The molecule has 0 atom stereocenters. The summed E-state index contributed by atoms with van der Waals surface area (Å²) in [5.74, 6) is 0. The van der Waals surface area contributed by atoms with E-state index in [1.54, 1.807) is 11.8 Å². The highest BCUT2D eigenvalue weighted by Gasteiger charge is 1.87. The van der Waals surface area contributed by atoms with Crippen LogP contribution in [-0.2, 0) is 0 Å². The van der Waals surface area contributed by atoms with E-state index in [4.69, 9.17) is 0 Å². The summed E-state index contributed by atoms with van der Waals surface area (Å²) < 4.78 is 1.08. The zero-order valence-electron chi connectivity index (χ0n) is 5.02. The standard InChI is InChI=1S/C7H6BrS/c1-9-7-4-2-6(8)3-5-7/h2-4H,1H3. The number of hydrogen-bond donors (Lipinski definition) is 0. The Morgan fingerprint density at radius 1 is 1.56 bits per heavy atom. The SMILES string of the molecule is CSc1[c]cc(Br)cc1. The Hall–Kier alpha value is 0.0500. The summed E-state index contributed by atoms with van der Waals surface area (Å²) in [6.07, 6.45) is 2.04. The summed E-state index contributed by atoms with van der Waals surface area (Å²) >= 11 is 5.04. The largest absolute Gasteiger partial charge is 0.129 e. The molecule has 0 saturated carbocycles. The topological polar surface area (TPSA) is 0 Å². The van der Waals surface area contributed by atoms with Crippen LogP contribution < -0.4 is 0 Å². The fourth-order valence-corrected chi connectivity index (χ4v) is 1.15. The first-order chi connectivity index (χ1) is 4.33. The van der Waals surface area contributed by atoms with E-state index >= 15 is 0 Å². The molecule has 0 bridgehead atoms. The Morgan fingerprint density at radius 3 is 2.78 bits per heavy atom. The summed E-state index contributed by atoms with van der Waals surface area (Å²) in [5.41, 5.74) is 0. The van der Waals surface area contributed by atoms with Gasteiger partial charge in [0.15, 0.2) is 0 Å². The molecular formula is C7H6BrS. The number of benzene rings is 1. The van der Waals surface area contributed by atoms with Crippen LogP contribution in [0.2, 0.25) is 0 Å². The van der Waals surface area contributed by atoms with E-state index in [9.17, 15) is 0 Å². The summed E-state index contributed by atoms with van der Waals surface area (Å²) in [6, 6.07) is 9.08. The van der Waals surface area contributed by atoms with E-state index in [1.165, 1.54) is 4.90 Å². The van der Waals surface area contributed by atoms with Crippen LogP contribution in [0.25, 0.3) is 0 Å². The van der Waals surface area contributed by atoms with Crippen molar-refractivity contribution in [3.05, 3.63) is 28.7 Å². The zero-order valence-corrected chi connectivity index (χ0v) is 7.42. The summed E-state index contributed by atoms with van der Waals surface area (Å²) in [5, 5.41) is 0. The molecule has 0 aliphatic carbocycles. The van der Waals surface area contributed by atoms with E-state index < -0.39 is 0 Å². The average molecular weight is 202 g/mol. The Balaban J connectivity index is 2.88. The lowest BCUT2D eigenvalue weighted by molar-refractivity contribution is 1.43. The predicted molar refractivity (Wildman–Crippen MR) is 44.8 cm³/mol. The van der Waals surface area contributed by atoms with Gasteiger partial charge in [-0.3, -0.25) is 0 Å². The van der Waals surface area contributed by atoms with E-state index in [1.807, 2.05) is 24.5 Å². The average Bonchev–Trinajstić information content (AvgIpc) is 1.90. The van der Waals surface area contributed by atoms with Gasteiger partial charge in [0.25, 0.3) is 0 Å². The van der Waals surface area contributed by atoms with Crippen molar-refractivity contribution in [1.82, 2.24) is 0 Å². The lowest BCUT2D eigenvalue weighted by Crippen LogP contribution is -1.67.